The van der Waals surface area contributed by atoms with Crippen molar-refractivity contribution < 1.29 is 29.3 Å². The van der Waals surface area contributed by atoms with Crippen LogP contribution in [0.5, 0.6) is 0 Å². The van der Waals surface area contributed by atoms with Crippen LogP contribution in [0.1, 0.15) is 18.4 Å². The molecule has 0 fully saturated rings. The smallest absolute Gasteiger partial charge is 0.321 e. The van der Waals surface area contributed by atoms with Crippen LogP contribution in [0.3, 0.4) is 0 Å². The van der Waals surface area contributed by atoms with Gasteiger partial charge in [0.2, 0.25) is 0 Å². The van der Waals surface area contributed by atoms with Crippen LogP contribution in [0, 0.1) is 0 Å². The van der Waals surface area contributed by atoms with E-state index in [0.717, 1.165) is 0 Å². The summed E-state index contributed by atoms with van der Waals surface area (Å²) in [6, 6.07) is 0.313. The molecule has 0 saturated carbocycles. The molecule has 0 saturated heterocycles. The fraction of sp³-hybridized carbons (Fsp3) is 0.400. The van der Waals surface area contributed by atoms with E-state index in [9.17, 15) is 19.0 Å². The highest BCUT2D eigenvalue weighted by Gasteiger charge is 2.28. The number of rotatable bonds is 8. The standard InChI is InChI=1S/C10H14NO6PS/c12-9(13)2-1-8(10(14)15)11-18(16,17)5-7-3-4-19-6-7/h3-4,6,8H,1-2,5H2,(H,12,13)(H,14,15)(H2,11,16,17). The molecule has 1 heterocycles. The Balaban J connectivity index is 2.63. The monoisotopic (exact) mass is 307 g/mol. The van der Waals surface area contributed by atoms with Crippen LogP contribution in [0.2, 0.25) is 0 Å². The molecule has 1 rings (SSSR count). The fourth-order valence-corrected chi connectivity index (χ4v) is 3.73. The van der Waals surface area contributed by atoms with E-state index in [0.29, 0.717) is 5.56 Å². The van der Waals surface area contributed by atoms with Gasteiger partial charge in [0.25, 0.3) is 7.52 Å². The van der Waals surface area contributed by atoms with Crippen LogP contribution in [0.15, 0.2) is 16.8 Å². The van der Waals surface area contributed by atoms with Gasteiger partial charge in [0.05, 0.1) is 6.16 Å². The Kier molecular flexibility index (Phi) is 5.68. The van der Waals surface area contributed by atoms with E-state index in [2.05, 4.69) is 5.09 Å². The molecule has 0 aliphatic heterocycles. The molecule has 0 aliphatic carbocycles. The van der Waals surface area contributed by atoms with Crippen molar-refractivity contribution in [3.05, 3.63) is 22.4 Å². The molecule has 0 aromatic carbocycles. The molecular formula is C10H14NO6PS. The van der Waals surface area contributed by atoms with Gasteiger partial charge in [-0.2, -0.15) is 11.3 Å². The SMILES string of the molecule is O=C(O)CCC(NP(=O)(O)Cc1ccsc1)C(=O)O. The van der Waals surface area contributed by atoms with Gasteiger partial charge < -0.3 is 15.1 Å². The average molecular weight is 307 g/mol. The molecule has 0 radical (unpaired) electrons. The molecule has 0 aliphatic rings. The first kappa shape index (κ1) is 15.8. The summed E-state index contributed by atoms with van der Waals surface area (Å²) < 4.78 is 11.9. The van der Waals surface area contributed by atoms with Crippen LogP contribution < -0.4 is 5.09 Å². The number of hydrogen-bond acceptors (Lipinski definition) is 4. The van der Waals surface area contributed by atoms with Gasteiger partial charge in [-0.3, -0.25) is 14.2 Å². The summed E-state index contributed by atoms with van der Waals surface area (Å²) in [5, 5.41) is 23.0. The summed E-state index contributed by atoms with van der Waals surface area (Å²) in [6.07, 6.45) is -0.825. The third-order valence-corrected chi connectivity index (χ3v) is 4.52. The van der Waals surface area contributed by atoms with Crippen molar-refractivity contribution in [1.29, 1.82) is 0 Å². The van der Waals surface area contributed by atoms with Crippen LogP contribution in [0.25, 0.3) is 0 Å². The number of thiophene rings is 1. The van der Waals surface area contributed by atoms with Gasteiger partial charge in [0, 0.05) is 6.42 Å². The first-order valence-corrected chi connectivity index (χ1v) is 8.14. The van der Waals surface area contributed by atoms with Crippen molar-refractivity contribution >= 4 is 30.8 Å². The van der Waals surface area contributed by atoms with Crippen molar-refractivity contribution in [1.82, 2.24) is 5.09 Å². The summed E-state index contributed by atoms with van der Waals surface area (Å²) in [4.78, 5) is 31.0. The van der Waals surface area contributed by atoms with Gasteiger partial charge in [0.1, 0.15) is 6.04 Å². The summed E-state index contributed by atoms with van der Waals surface area (Å²) >= 11 is 1.37. The van der Waals surface area contributed by atoms with Gasteiger partial charge >= 0.3 is 11.9 Å². The molecular weight excluding hydrogens is 293 g/mol. The van der Waals surface area contributed by atoms with Crippen molar-refractivity contribution in [3.63, 3.8) is 0 Å². The molecule has 2 atom stereocenters. The van der Waals surface area contributed by atoms with E-state index in [1.807, 2.05) is 0 Å². The summed E-state index contributed by atoms with van der Waals surface area (Å²) in [5.74, 6) is -2.50. The molecule has 106 valence electrons. The van der Waals surface area contributed by atoms with Crippen LogP contribution >= 0.6 is 18.9 Å². The normalized spacial score (nSPS) is 15.6. The van der Waals surface area contributed by atoms with Gasteiger partial charge in [-0.1, -0.05) is 0 Å². The van der Waals surface area contributed by atoms with Gasteiger partial charge in [-0.25, -0.2) is 5.09 Å². The lowest BCUT2D eigenvalue weighted by atomic mass is 10.2. The number of nitrogens with one attached hydrogen (secondary N) is 1. The zero-order valence-corrected chi connectivity index (χ0v) is 11.6. The minimum Gasteiger partial charge on any atom is -0.481 e. The number of carboxylic acid groups (broad SMARTS) is 2. The first-order chi connectivity index (χ1) is 8.80. The fourth-order valence-electron chi connectivity index (χ4n) is 1.43. The highest BCUT2D eigenvalue weighted by atomic mass is 32.1. The highest BCUT2D eigenvalue weighted by Crippen LogP contribution is 2.41. The zero-order valence-electron chi connectivity index (χ0n) is 9.85. The molecule has 19 heavy (non-hydrogen) atoms. The Bertz CT molecular complexity index is 488. The van der Waals surface area contributed by atoms with Crippen molar-refractivity contribution in [3.8, 4) is 0 Å². The minimum atomic E-state index is -3.87. The third kappa shape index (κ3) is 5.98. The topological polar surface area (TPSA) is 124 Å². The quantitative estimate of drug-likeness (QED) is 0.534. The maximum absolute atomic E-state index is 11.9. The zero-order chi connectivity index (χ0) is 14.5. The second kappa shape index (κ2) is 6.81. The predicted molar refractivity (Wildman–Crippen MR) is 69.3 cm³/mol. The van der Waals surface area contributed by atoms with E-state index in [1.165, 1.54) is 11.3 Å². The molecule has 7 nitrogen and oxygen atoms in total. The molecule has 4 N–H and O–H groups in total. The largest absolute Gasteiger partial charge is 0.481 e. The number of hydrogen-bond donors (Lipinski definition) is 4. The van der Waals surface area contributed by atoms with Gasteiger partial charge in [-0.05, 0) is 28.8 Å². The molecule has 9 heteroatoms. The molecule has 0 bridgehead atoms. The Morgan fingerprint density at radius 2 is 2.11 bits per heavy atom. The third-order valence-electron chi connectivity index (χ3n) is 2.28. The van der Waals surface area contributed by atoms with E-state index < -0.39 is 25.5 Å². The molecule has 1 aromatic rings. The van der Waals surface area contributed by atoms with E-state index in [4.69, 9.17) is 10.2 Å². The van der Waals surface area contributed by atoms with Crippen molar-refractivity contribution in [2.75, 3.05) is 0 Å². The van der Waals surface area contributed by atoms with Crippen LogP contribution in [0.4, 0.5) is 0 Å². The van der Waals surface area contributed by atoms with Crippen molar-refractivity contribution in [2.24, 2.45) is 0 Å². The van der Waals surface area contributed by atoms with Crippen LogP contribution in [-0.2, 0) is 20.3 Å². The highest BCUT2D eigenvalue weighted by molar-refractivity contribution is 7.55. The van der Waals surface area contributed by atoms with Crippen LogP contribution in [-0.4, -0.2) is 33.1 Å². The molecule has 0 spiro atoms. The lowest BCUT2D eigenvalue weighted by Crippen LogP contribution is -2.35. The predicted octanol–water partition coefficient (Wildman–Crippen LogP) is 1.34. The van der Waals surface area contributed by atoms with E-state index in [1.54, 1.807) is 16.8 Å². The lowest BCUT2D eigenvalue weighted by Gasteiger charge is -2.18. The minimum absolute atomic E-state index is 0.187. The second-order valence-corrected chi connectivity index (χ2v) is 6.70. The van der Waals surface area contributed by atoms with E-state index >= 15 is 0 Å². The molecule has 0 amide bonds. The Hall–Kier alpha value is -1.21. The van der Waals surface area contributed by atoms with Gasteiger partial charge in [0.15, 0.2) is 0 Å². The second-order valence-electron chi connectivity index (χ2n) is 3.94. The maximum Gasteiger partial charge on any atom is 0.321 e. The molecule has 1 aromatic heterocycles. The summed E-state index contributed by atoms with van der Waals surface area (Å²) in [7, 11) is -3.87. The van der Waals surface area contributed by atoms with Gasteiger partial charge in [-0.15, -0.1) is 0 Å². The maximum atomic E-state index is 11.9. The van der Waals surface area contributed by atoms with Crippen molar-refractivity contribution in [2.45, 2.75) is 25.0 Å². The lowest BCUT2D eigenvalue weighted by molar-refractivity contribution is -0.140. The number of carbonyl (C=O) groups is 2. The van der Waals surface area contributed by atoms with E-state index in [-0.39, 0.29) is 19.0 Å². The summed E-state index contributed by atoms with van der Waals surface area (Å²) in [5.41, 5.74) is 0.630. The molecule has 2 unspecified atom stereocenters. The average Bonchev–Trinajstić information content (AvgIpc) is 2.75. The number of aliphatic carboxylic acids is 2. The Morgan fingerprint density at radius 3 is 2.58 bits per heavy atom. The summed E-state index contributed by atoms with van der Waals surface area (Å²) in [6.45, 7) is 0. The Labute approximate surface area is 113 Å². The first-order valence-electron chi connectivity index (χ1n) is 5.35. The number of carboxylic acids is 2. The Morgan fingerprint density at radius 1 is 1.42 bits per heavy atom.